The van der Waals surface area contributed by atoms with Gasteiger partial charge in [0.25, 0.3) is 0 Å². The molecule has 35 heavy (non-hydrogen) atoms. The number of carbonyl (C=O) groups excluding carboxylic acids is 1. The lowest BCUT2D eigenvalue weighted by molar-refractivity contribution is -0.142. The number of ether oxygens (including phenoxy) is 1. The van der Waals surface area contributed by atoms with Crippen molar-refractivity contribution in [1.82, 2.24) is 9.62 Å². The number of halogens is 2. The maximum Gasteiger partial charge on any atom is 0.326 e. The summed E-state index contributed by atoms with van der Waals surface area (Å²) in [6, 6.07) is 8.70. The van der Waals surface area contributed by atoms with Crippen molar-refractivity contribution in [2.24, 2.45) is 0 Å². The first-order chi connectivity index (χ1) is 16.7. The number of hydrogen-bond acceptors (Lipinski definition) is 5. The Bertz CT molecular complexity index is 1130. The number of rotatable bonds is 11. The molecule has 1 unspecified atom stereocenters. The first kappa shape index (κ1) is 26.6. The molecule has 1 amide bonds. The SMILES string of the molecule is O=C(O)C(Cc1ccc(OCCCF)cc1)NC(=O)[C@@H]1CCCCN1S(=O)(=O)c1cccc(F)c1. The summed E-state index contributed by atoms with van der Waals surface area (Å²) in [4.78, 5) is 24.6. The molecule has 1 aliphatic rings. The van der Waals surface area contributed by atoms with E-state index < -0.39 is 46.5 Å². The van der Waals surface area contributed by atoms with Gasteiger partial charge in [0, 0.05) is 19.4 Å². The topological polar surface area (TPSA) is 113 Å². The highest BCUT2D eigenvalue weighted by Gasteiger charge is 2.39. The summed E-state index contributed by atoms with van der Waals surface area (Å²) in [6.45, 7) is -0.196. The molecule has 0 aromatic heterocycles. The van der Waals surface area contributed by atoms with E-state index in [4.69, 9.17) is 4.74 Å². The van der Waals surface area contributed by atoms with Crippen LogP contribution in [0.1, 0.15) is 31.2 Å². The molecule has 8 nitrogen and oxygen atoms in total. The standard InChI is InChI=1S/C24H28F2N2O6S/c25-12-4-14-34-19-10-8-17(9-11-19)15-21(24(30)31)27-23(29)22-7-1-2-13-28(22)35(32,33)20-6-3-5-18(26)16-20/h3,5-6,8-11,16,21-22H,1-2,4,7,12-15H2,(H,27,29)(H,30,31)/t21?,22-/m0/s1. The van der Waals surface area contributed by atoms with E-state index in [2.05, 4.69) is 5.32 Å². The van der Waals surface area contributed by atoms with Crippen molar-refractivity contribution in [1.29, 1.82) is 0 Å². The van der Waals surface area contributed by atoms with Gasteiger partial charge in [0.2, 0.25) is 15.9 Å². The highest BCUT2D eigenvalue weighted by molar-refractivity contribution is 7.89. The Morgan fingerprint density at radius 1 is 1.17 bits per heavy atom. The second-order valence-electron chi connectivity index (χ2n) is 8.22. The van der Waals surface area contributed by atoms with Gasteiger partial charge in [0.05, 0.1) is 18.2 Å². The van der Waals surface area contributed by atoms with Gasteiger partial charge >= 0.3 is 5.97 Å². The van der Waals surface area contributed by atoms with Crippen LogP contribution in [0.5, 0.6) is 5.75 Å². The Morgan fingerprint density at radius 2 is 1.91 bits per heavy atom. The van der Waals surface area contributed by atoms with E-state index in [-0.39, 0.29) is 37.3 Å². The molecule has 11 heteroatoms. The molecule has 0 aliphatic carbocycles. The average Bonchev–Trinajstić information content (AvgIpc) is 2.84. The highest BCUT2D eigenvalue weighted by Crippen LogP contribution is 2.26. The van der Waals surface area contributed by atoms with Gasteiger partial charge in [-0.25, -0.2) is 17.6 Å². The third kappa shape index (κ3) is 6.98. The van der Waals surface area contributed by atoms with Crippen molar-refractivity contribution < 1.29 is 36.6 Å². The molecular formula is C24H28F2N2O6S. The smallest absolute Gasteiger partial charge is 0.326 e. The molecule has 2 aromatic rings. The van der Waals surface area contributed by atoms with Gasteiger partial charge in [0.1, 0.15) is 23.7 Å². The number of carbonyl (C=O) groups is 2. The summed E-state index contributed by atoms with van der Waals surface area (Å²) < 4.78 is 58.5. The van der Waals surface area contributed by atoms with Gasteiger partial charge in [-0.1, -0.05) is 24.6 Å². The van der Waals surface area contributed by atoms with Crippen LogP contribution in [0.3, 0.4) is 0 Å². The summed E-state index contributed by atoms with van der Waals surface area (Å²) in [5.74, 6) is -2.19. The van der Waals surface area contributed by atoms with E-state index in [1.807, 2.05) is 0 Å². The number of aliphatic carboxylic acids is 1. The quantitative estimate of drug-likeness (QED) is 0.450. The Kier molecular flexibility index (Phi) is 9.16. The maximum atomic E-state index is 13.6. The molecule has 190 valence electrons. The van der Waals surface area contributed by atoms with Crippen LogP contribution in [-0.2, 0) is 26.0 Å². The van der Waals surface area contributed by atoms with E-state index >= 15 is 0 Å². The summed E-state index contributed by atoms with van der Waals surface area (Å²) >= 11 is 0. The van der Waals surface area contributed by atoms with Crippen molar-refractivity contribution in [2.45, 2.75) is 49.1 Å². The average molecular weight is 511 g/mol. The summed E-state index contributed by atoms with van der Waals surface area (Å²) in [5.41, 5.74) is 0.614. The van der Waals surface area contributed by atoms with Crippen molar-refractivity contribution in [2.75, 3.05) is 19.8 Å². The lowest BCUT2D eigenvalue weighted by Crippen LogP contribution is -2.55. The van der Waals surface area contributed by atoms with Crippen LogP contribution in [0.15, 0.2) is 53.4 Å². The van der Waals surface area contributed by atoms with E-state index in [9.17, 15) is 31.9 Å². The monoisotopic (exact) mass is 510 g/mol. The molecular weight excluding hydrogens is 482 g/mol. The minimum atomic E-state index is -4.16. The summed E-state index contributed by atoms with van der Waals surface area (Å²) in [7, 11) is -4.16. The van der Waals surface area contributed by atoms with E-state index in [0.29, 0.717) is 24.2 Å². The van der Waals surface area contributed by atoms with Crippen LogP contribution in [0.4, 0.5) is 8.78 Å². The van der Waals surface area contributed by atoms with Crippen molar-refractivity contribution in [3.8, 4) is 5.75 Å². The zero-order chi connectivity index (χ0) is 25.4. The normalized spacial score (nSPS) is 17.5. The number of amides is 1. The number of nitrogens with one attached hydrogen (secondary N) is 1. The van der Waals surface area contributed by atoms with Crippen LogP contribution < -0.4 is 10.1 Å². The number of sulfonamides is 1. The number of hydrogen-bond donors (Lipinski definition) is 2. The summed E-state index contributed by atoms with van der Waals surface area (Å²) in [6.07, 6.45) is 1.57. The fraction of sp³-hybridized carbons (Fsp3) is 0.417. The summed E-state index contributed by atoms with van der Waals surface area (Å²) in [5, 5.41) is 12.1. The second-order valence-corrected chi connectivity index (χ2v) is 10.1. The van der Waals surface area contributed by atoms with Crippen molar-refractivity contribution >= 4 is 21.9 Å². The Balaban J connectivity index is 1.71. The number of benzene rings is 2. The number of carboxylic acids is 1. The molecule has 0 spiro atoms. The number of alkyl halides is 1. The largest absolute Gasteiger partial charge is 0.494 e. The van der Waals surface area contributed by atoms with E-state index in [1.165, 1.54) is 12.1 Å². The molecule has 2 atom stereocenters. The Labute approximate surface area is 202 Å². The van der Waals surface area contributed by atoms with Gasteiger partial charge < -0.3 is 15.2 Å². The van der Waals surface area contributed by atoms with E-state index in [1.54, 1.807) is 24.3 Å². The molecule has 3 rings (SSSR count). The maximum absolute atomic E-state index is 13.6. The van der Waals surface area contributed by atoms with Gasteiger partial charge in [-0.15, -0.1) is 0 Å². The molecule has 0 bridgehead atoms. The molecule has 1 aliphatic heterocycles. The zero-order valence-electron chi connectivity index (χ0n) is 19.0. The molecule has 1 heterocycles. The molecule has 2 aromatic carbocycles. The zero-order valence-corrected chi connectivity index (χ0v) is 19.8. The molecule has 0 radical (unpaired) electrons. The predicted octanol–water partition coefficient (Wildman–Crippen LogP) is 2.92. The second kappa shape index (κ2) is 12.1. The Morgan fingerprint density at radius 3 is 2.57 bits per heavy atom. The third-order valence-electron chi connectivity index (χ3n) is 5.68. The van der Waals surface area contributed by atoms with Gasteiger partial charge in [-0.2, -0.15) is 4.31 Å². The van der Waals surface area contributed by atoms with Crippen LogP contribution in [0.25, 0.3) is 0 Å². The Hall–Kier alpha value is -3.05. The molecule has 1 fully saturated rings. The lowest BCUT2D eigenvalue weighted by atomic mass is 10.0. The fourth-order valence-electron chi connectivity index (χ4n) is 3.89. The van der Waals surface area contributed by atoms with Gasteiger partial charge in [-0.05, 0) is 48.7 Å². The van der Waals surface area contributed by atoms with Crippen LogP contribution in [0.2, 0.25) is 0 Å². The molecule has 0 saturated carbocycles. The third-order valence-corrected chi connectivity index (χ3v) is 7.59. The minimum Gasteiger partial charge on any atom is -0.494 e. The van der Waals surface area contributed by atoms with Crippen molar-refractivity contribution in [3.63, 3.8) is 0 Å². The van der Waals surface area contributed by atoms with Crippen LogP contribution >= 0.6 is 0 Å². The van der Waals surface area contributed by atoms with Gasteiger partial charge in [0.15, 0.2) is 0 Å². The lowest BCUT2D eigenvalue weighted by Gasteiger charge is -2.34. The first-order valence-electron chi connectivity index (χ1n) is 11.3. The molecule has 2 N–H and O–H groups in total. The van der Waals surface area contributed by atoms with E-state index in [0.717, 1.165) is 16.4 Å². The number of piperidine rings is 1. The predicted molar refractivity (Wildman–Crippen MR) is 124 cm³/mol. The van der Waals surface area contributed by atoms with Crippen LogP contribution in [-0.4, -0.2) is 61.6 Å². The van der Waals surface area contributed by atoms with Gasteiger partial charge in [-0.3, -0.25) is 9.18 Å². The number of nitrogens with zero attached hydrogens (tertiary/aromatic N) is 1. The highest BCUT2D eigenvalue weighted by atomic mass is 32.2. The fourth-order valence-corrected chi connectivity index (χ4v) is 5.58. The molecule has 1 saturated heterocycles. The minimum absolute atomic E-state index is 0.0325. The van der Waals surface area contributed by atoms with Crippen molar-refractivity contribution in [3.05, 3.63) is 59.9 Å². The first-order valence-corrected chi connectivity index (χ1v) is 12.7. The number of carboxylic acid groups (broad SMARTS) is 1. The van der Waals surface area contributed by atoms with Crippen LogP contribution in [0, 0.1) is 5.82 Å².